The summed E-state index contributed by atoms with van der Waals surface area (Å²) < 4.78 is 30.2. The topological polar surface area (TPSA) is 73.3 Å². The Bertz CT molecular complexity index is 1500. The van der Waals surface area contributed by atoms with Crippen molar-refractivity contribution in [3.63, 3.8) is 0 Å². The van der Waals surface area contributed by atoms with Gasteiger partial charge in [0.1, 0.15) is 0 Å². The molecule has 1 fully saturated rings. The summed E-state index contributed by atoms with van der Waals surface area (Å²) in [4.78, 5) is 26.5. The second kappa shape index (κ2) is 11.8. The molecule has 1 aliphatic heterocycles. The summed E-state index contributed by atoms with van der Waals surface area (Å²) in [7, 11) is -2.79. The van der Waals surface area contributed by atoms with Crippen molar-refractivity contribution in [2.75, 3.05) is 6.61 Å². The molecule has 3 aromatic carbocycles. The first-order valence-electron chi connectivity index (χ1n) is 13.3. The van der Waals surface area contributed by atoms with E-state index in [1.54, 1.807) is 0 Å². The average molecular weight is 624 g/mol. The summed E-state index contributed by atoms with van der Waals surface area (Å²) in [6.45, 7) is 7.00. The minimum absolute atomic E-state index is 0.0642. The number of nitrogens with one attached hydrogen (secondary N) is 1. The molecule has 1 saturated heterocycles. The molecule has 1 aliphatic rings. The second-order valence-corrected chi connectivity index (χ2v) is 18.0. The molecule has 6 nitrogen and oxygen atoms in total. The van der Waals surface area contributed by atoms with E-state index in [0.717, 1.165) is 10.7 Å². The quantitative estimate of drug-likeness (QED) is 0.306. The van der Waals surface area contributed by atoms with Gasteiger partial charge in [-0.05, 0) is 0 Å². The fourth-order valence-electron chi connectivity index (χ4n) is 5.48. The molecular formula is C31H33FN2O4SeSi. The molecule has 3 atom stereocenters. The Balaban J connectivity index is 1.49. The Kier molecular flexibility index (Phi) is 8.40. The third-order valence-corrected chi connectivity index (χ3v) is 15.0. The summed E-state index contributed by atoms with van der Waals surface area (Å²) in [5, 5.41) is 2.15. The first-order valence-corrected chi connectivity index (χ1v) is 17.1. The van der Waals surface area contributed by atoms with Crippen LogP contribution in [0.15, 0.2) is 107 Å². The molecule has 2 heterocycles. The van der Waals surface area contributed by atoms with E-state index in [2.05, 4.69) is 62.2 Å². The van der Waals surface area contributed by atoms with E-state index in [4.69, 9.17) is 9.16 Å². The van der Waals surface area contributed by atoms with Crippen LogP contribution in [0.4, 0.5) is 4.39 Å². The predicted molar refractivity (Wildman–Crippen MR) is 159 cm³/mol. The summed E-state index contributed by atoms with van der Waals surface area (Å²) >= 11 is -0.0653. The number of benzene rings is 3. The van der Waals surface area contributed by atoms with Crippen LogP contribution in [-0.4, -0.2) is 45.5 Å². The number of halogens is 1. The van der Waals surface area contributed by atoms with Gasteiger partial charge >= 0.3 is 241 Å². The van der Waals surface area contributed by atoms with E-state index >= 15 is 0 Å². The zero-order valence-corrected chi connectivity index (χ0v) is 25.5. The van der Waals surface area contributed by atoms with E-state index in [-0.39, 0.29) is 30.9 Å². The van der Waals surface area contributed by atoms with Crippen molar-refractivity contribution >= 4 is 38.1 Å². The number of H-pyrrole nitrogens is 1. The molecular weight excluding hydrogens is 590 g/mol. The first kappa shape index (κ1) is 28.5. The molecule has 5 rings (SSSR count). The van der Waals surface area contributed by atoms with Crippen LogP contribution in [0.5, 0.6) is 0 Å². The monoisotopic (exact) mass is 624 g/mol. The van der Waals surface area contributed by atoms with Crippen LogP contribution in [0.3, 0.4) is 0 Å². The summed E-state index contributed by atoms with van der Waals surface area (Å²) in [6.07, 6.45) is 0.576. The fraction of sp³-hybridized carbons (Fsp3) is 0.290. The van der Waals surface area contributed by atoms with Gasteiger partial charge < -0.3 is 0 Å². The molecule has 9 heteroatoms. The van der Waals surface area contributed by atoms with E-state index in [1.165, 1.54) is 14.9 Å². The molecule has 0 radical (unpaired) electrons. The maximum atomic E-state index is 14.3. The van der Waals surface area contributed by atoms with Gasteiger partial charge in [0.15, 0.2) is 0 Å². The van der Waals surface area contributed by atoms with Crippen LogP contribution in [0.2, 0.25) is 9.85 Å². The number of aromatic amines is 1. The van der Waals surface area contributed by atoms with Gasteiger partial charge in [-0.15, -0.1) is 0 Å². The molecule has 0 bridgehead atoms. The van der Waals surface area contributed by atoms with Crippen molar-refractivity contribution in [2.45, 2.75) is 49.4 Å². The van der Waals surface area contributed by atoms with Crippen molar-refractivity contribution in [3.8, 4) is 0 Å². The molecule has 0 unspecified atom stereocenters. The van der Waals surface area contributed by atoms with Crippen molar-refractivity contribution in [1.29, 1.82) is 0 Å². The molecule has 0 spiro atoms. The molecule has 4 aromatic rings. The number of rotatable bonds is 8. The van der Waals surface area contributed by atoms with E-state index in [0.29, 0.717) is 13.0 Å². The van der Waals surface area contributed by atoms with Crippen LogP contribution >= 0.6 is 0 Å². The molecule has 0 saturated carbocycles. The third-order valence-electron chi connectivity index (χ3n) is 7.28. The number of ether oxygens (including phenoxy) is 1. The molecule has 208 valence electrons. The van der Waals surface area contributed by atoms with Crippen LogP contribution in [0.1, 0.15) is 33.4 Å². The predicted octanol–water partition coefficient (Wildman–Crippen LogP) is 3.36. The third kappa shape index (κ3) is 5.71. The number of hydrogen-bond acceptors (Lipinski definition) is 4. The average Bonchev–Trinajstić information content (AvgIpc) is 3.34. The van der Waals surface area contributed by atoms with Gasteiger partial charge in [-0.2, -0.15) is 0 Å². The van der Waals surface area contributed by atoms with Gasteiger partial charge in [0.05, 0.1) is 0 Å². The summed E-state index contributed by atoms with van der Waals surface area (Å²) in [6, 6.07) is 30.8. The Morgan fingerprint density at radius 2 is 1.50 bits per heavy atom. The van der Waals surface area contributed by atoms with Gasteiger partial charge in [0.25, 0.3) is 0 Å². The molecule has 0 amide bonds. The normalized spacial score (nSPS) is 19.6. The fourth-order valence-corrected chi connectivity index (χ4v) is 12.8. The van der Waals surface area contributed by atoms with Gasteiger partial charge in [-0.1, -0.05) is 0 Å². The summed E-state index contributed by atoms with van der Waals surface area (Å²) in [5.74, 6) is -1.01. The first-order chi connectivity index (χ1) is 19.2. The SMILES string of the molecule is CC(C)(C)[Si](OC[C@H]1C[C@H]([Se]c2ccccc2)[C@@H](n2cc(F)c(=O)[nH]c2=O)O1)(c1ccccc1)c1ccccc1. The Hall–Kier alpha value is -3.07. The standard InChI is InChI=1S/C31H33FN2O4SeSi/c1-31(2,3)40(24-15-9-5-10-16-24,25-17-11-6-12-18-25)37-21-22-19-27(39-23-13-7-4-8-14-23)29(38-22)34-20-26(32)28(35)33-30(34)36/h4-18,20,22,27,29H,19,21H2,1-3H3,(H,33,35,36)/t22-,27+,29+/m1/s1. The van der Waals surface area contributed by atoms with Crippen LogP contribution in [0, 0.1) is 5.82 Å². The second-order valence-electron chi connectivity index (χ2n) is 11.0. The Morgan fingerprint density at radius 1 is 0.950 bits per heavy atom. The van der Waals surface area contributed by atoms with Gasteiger partial charge in [0.2, 0.25) is 0 Å². The van der Waals surface area contributed by atoms with Crippen LogP contribution < -0.4 is 26.1 Å². The van der Waals surface area contributed by atoms with E-state index in [1.807, 2.05) is 54.6 Å². The van der Waals surface area contributed by atoms with Crippen molar-refractivity contribution < 1.29 is 13.6 Å². The Labute approximate surface area is 240 Å². The molecule has 40 heavy (non-hydrogen) atoms. The molecule has 1 aromatic heterocycles. The zero-order valence-electron chi connectivity index (χ0n) is 22.8. The van der Waals surface area contributed by atoms with Crippen LogP contribution in [-0.2, 0) is 9.16 Å². The minimum atomic E-state index is -2.79. The van der Waals surface area contributed by atoms with E-state index < -0.39 is 31.6 Å². The van der Waals surface area contributed by atoms with Crippen LogP contribution in [0.25, 0.3) is 0 Å². The van der Waals surface area contributed by atoms with Gasteiger partial charge in [0, 0.05) is 0 Å². The van der Waals surface area contributed by atoms with E-state index in [9.17, 15) is 14.0 Å². The molecule has 1 N–H and O–H groups in total. The zero-order chi connectivity index (χ0) is 28.3. The van der Waals surface area contributed by atoms with Gasteiger partial charge in [-0.25, -0.2) is 0 Å². The van der Waals surface area contributed by atoms with Gasteiger partial charge in [-0.3, -0.25) is 0 Å². The van der Waals surface area contributed by atoms with Crippen molar-refractivity contribution in [1.82, 2.24) is 9.55 Å². The van der Waals surface area contributed by atoms with Crippen molar-refractivity contribution in [3.05, 3.63) is 124 Å². The number of nitrogens with zero attached hydrogens (tertiary/aromatic N) is 1. The Morgan fingerprint density at radius 3 is 2.05 bits per heavy atom. The number of aromatic nitrogens is 2. The number of hydrogen-bond donors (Lipinski definition) is 1. The summed E-state index contributed by atoms with van der Waals surface area (Å²) in [5.41, 5.74) is -1.71. The molecule has 0 aliphatic carbocycles. The maximum absolute atomic E-state index is 14.3. The van der Waals surface area contributed by atoms with Crippen molar-refractivity contribution in [2.24, 2.45) is 0 Å².